The molecule has 0 aromatic carbocycles. The minimum atomic E-state index is 0.496. The van der Waals surface area contributed by atoms with Gasteiger partial charge >= 0.3 is 0 Å². The number of hydrogen-bond donors (Lipinski definition) is 1. The van der Waals surface area contributed by atoms with Crippen molar-refractivity contribution in [3.05, 3.63) is 17.5 Å². The van der Waals surface area contributed by atoms with Crippen LogP contribution >= 0.6 is 0 Å². The number of aromatic nitrogens is 2. The predicted octanol–water partition coefficient (Wildman–Crippen LogP) is 1.25. The van der Waals surface area contributed by atoms with Crippen LogP contribution in [0.25, 0.3) is 0 Å². The second-order valence-corrected chi connectivity index (χ2v) is 4.64. The molecule has 0 aliphatic carbocycles. The molecular formula is C12H24N4. The van der Waals surface area contributed by atoms with Crippen LogP contribution < -0.4 is 5.32 Å². The Hall–Kier alpha value is -0.870. The van der Waals surface area contributed by atoms with Crippen molar-refractivity contribution < 1.29 is 0 Å². The molecule has 0 saturated heterocycles. The number of rotatable bonds is 6. The summed E-state index contributed by atoms with van der Waals surface area (Å²) in [6, 6.07) is 2.65. The average Bonchev–Trinajstić information content (AvgIpc) is 2.55. The molecule has 0 aliphatic rings. The normalized spacial score (nSPS) is 13.4. The monoisotopic (exact) mass is 224 g/mol. The van der Waals surface area contributed by atoms with Gasteiger partial charge in [-0.15, -0.1) is 0 Å². The van der Waals surface area contributed by atoms with Crippen molar-refractivity contribution in [1.82, 2.24) is 20.0 Å². The summed E-state index contributed by atoms with van der Waals surface area (Å²) in [5.74, 6) is 0. The molecule has 1 atom stereocenters. The Balaban J connectivity index is 2.47. The van der Waals surface area contributed by atoms with Gasteiger partial charge in [-0.05, 0) is 40.9 Å². The Bertz CT molecular complexity index is 317. The number of nitrogens with one attached hydrogen (secondary N) is 1. The van der Waals surface area contributed by atoms with Gasteiger partial charge in [0.25, 0.3) is 0 Å². The zero-order chi connectivity index (χ0) is 12.1. The van der Waals surface area contributed by atoms with Crippen LogP contribution in [0, 0.1) is 6.92 Å². The number of nitrogens with zero attached hydrogens (tertiary/aromatic N) is 3. The molecule has 0 saturated carbocycles. The van der Waals surface area contributed by atoms with Gasteiger partial charge in [-0.25, -0.2) is 0 Å². The minimum Gasteiger partial charge on any atom is -0.308 e. The van der Waals surface area contributed by atoms with E-state index in [1.54, 1.807) is 0 Å². The number of likely N-dealkylation sites (N-methyl/N-ethyl adjacent to an activating group) is 1. The van der Waals surface area contributed by atoms with Gasteiger partial charge in [0.05, 0.1) is 11.4 Å². The van der Waals surface area contributed by atoms with E-state index in [1.165, 1.54) is 5.69 Å². The fourth-order valence-electron chi connectivity index (χ4n) is 1.91. The lowest BCUT2D eigenvalue weighted by atomic mass is 10.3. The molecule has 1 unspecified atom stereocenters. The second-order valence-electron chi connectivity index (χ2n) is 4.64. The molecule has 4 heteroatoms. The Labute approximate surface area is 98.6 Å². The van der Waals surface area contributed by atoms with Gasteiger partial charge in [-0.2, -0.15) is 5.10 Å². The summed E-state index contributed by atoms with van der Waals surface area (Å²) < 4.78 is 2.06. The molecule has 0 radical (unpaired) electrons. The van der Waals surface area contributed by atoms with E-state index in [0.29, 0.717) is 6.04 Å². The summed E-state index contributed by atoms with van der Waals surface area (Å²) >= 11 is 0. The van der Waals surface area contributed by atoms with Crippen molar-refractivity contribution in [2.45, 2.75) is 39.9 Å². The summed E-state index contributed by atoms with van der Waals surface area (Å²) in [4.78, 5) is 2.19. The van der Waals surface area contributed by atoms with Crippen LogP contribution in [0.1, 0.15) is 25.2 Å². The van der Waals surface area contributed by atoms with Crippen molar-refractivity contribution in [1.29, 1.82) is 0 Å². The van der Waals surface area contributed by atoms with Gasteiger partial charge in [-0.1, -0.05) is 0 Å². The lowest BCUT2D eigenvalue weighted by molar-refractivity contribution is 0.346. The molecule has 1 N–H and O–H groups in total. The standard InChI is InChI=1S/C12H24N4/c1-6-16-12(7-10(2)14-16)8-13-11(3)9-15(4)5/h7,11,13H,6,8-9H2,1-5H3. The van der Waals surface area contributed by atoms with Gasteiger partial charge in [-0.3, -0.25) is 4.68 Å². The molecule has 0 fully saturated rings. The van der Waals surface area contributed by atoms with Crippen molar-refractivity contribution in [3.63, 3.8) is 0 Å². The van der Waals surface area contributed by atoms with E-state index in [1.807, 2.05) is 6.92 Å². The van der Waals surface area contributed by atoms with Crippen LogP contribution in [-0.2, 0) is 13.1 Å². The van der Waals surface area contributed by atoms with Crippen LogP contribution in [0.3, 0.4) is 0 Å². The maximum atomic E-state index is 4.43. The van der Waals surface area contributed by atoms with Crippen molar-refractivity contribution in [2.24, 2.45) is 0 Å². The first-order chi connectivity index (χ1) is 7.52. The van der Waals surface area contributed by atoms with Crippen LogP contribution in [0.15, 0.2) is 6.07 Å². The first kappa shape index (κ1) is 13.2. The molecule has 1 heterocycles. The van der Waals surface area contributed by atoms with Gasteiger partial charge in [0.2, 0.25) is 0 Å². The molecule has 1 aromatic heterocycles. The summed E-state index contributed by atoms with van der Waals surface area (Å²) in [5.41, 5.74) is 2.37. The number of aryl methyl sites for hydroxylation is 2. The van der Waals surface area contributed by atoms with Gasteiger partial charge < -0.3 is 10.2 Å². The van der Waals surface area contributed by atoms with E-state index in [0.717, 1.165) is 25.3 Å². The Kier molecular flexibility index (Phi) is 4.96. The molecule has 4 nitrogen and oxygen atoms in total. The summed E-state index contributed by atoms with van der Waals surface area (Å²) in [6.07, 6.45) is 0. The molecule has 16 heavy (non-hydrogen) atoms. The third-order valence-corrected chi connectivity index (χ3v) is 2.56. The highest BCUT2D eigenvalue weighted by molar-refractivity contribution is 5.08. The zero-order valence-corrected chi connectivity index (χ0v) is 11.1. The molecule has 1 aromatic rings. The smallest absolute Gasteiger partial charge is 0.0597 e. The first-order valence-electron chi connectivity index (χ1n) is 5.94. The highest BCUT2D eigenvalue weighted by Gasteiger charge is 2.06. The van der Waals surface area contributed by atoms with Crippen LogP contribution in [0.5, 0.6) is 0 Å². The zero-order valence-electron chi connectivity index (χ0n) is 11.1. The maximum absolute atomic E-state index is 4.43. The molecular weight excluding hydrogens is 200 g/mol. The van der Waals surface area contributed by atoms with Crippen molar-refractivity contribution in [3.8, 4) is 0 Å². The quantitative estimate of drug-likeness (QED) is 0.789. The van der Waals surface area contributed by atoms with E-state index in [9.17, 15) is 0 Å². The Morgan fingerprint density at radius 2 is 2.19 bits per heavy atom. The van der Waals surface area contributed by atoms with Crippen molar-refractivity contribution in [2.75, 3.05) is 20.6 Å². The third-order valence-electron chi connectivity index (χ3n) is 2.56. The first-order valence-corrected chi connectivity index (χ1v) is 5.94. The topological polar surface area (TPSA) is 33.1 Å². The Morgan fingerprint density at radius 3 is 2.75 bits per heavy atom. The SMILES string of the molecule is CCn1nc(C)cc1CNC(C)CN(C)C. The molecule has 1 rings (SSSR count). The molecule has 0 amide bonds. The van der Waals surface area contributed by atoms with Crippen LogP contribution in [0.4, 0.5) is 0 Å². The molecule has 92 valence electrons. The van der Waals surface area contributed by atoms with E-state index >= 15 is 0 Å². The summed E-state index contributed by atoms with van der Waals surface area (Å²) in [7, 11) is 4.19. The second kappa shape index (κ2) is 6.01. The van der Waals surface area contributed by atoms with E-state index in [4.69, 9.17) is 0 Å². The predicted molar refractivity (Wildman–Crippen MR) is 67.5 cm³/mol. The summed E-state index contributed by atoms with van der Waals surface area (Å²) in [6.45, 7) is 9.26. The maximum Gasteiger partial charge on any atom is 0.0597 e. The van der Waals surface area contributed by atoms with Gasteiger partial charge in [0.1, 0.15) is 0 Å². The lowest BCUT2D eigenvalue weighted by Gasteiger charge is -2.18. The van der Waals surface area contributed by atoms with E-state index in [-0.39, 0.29) is 0 Å². The number of hydrogen-bond acceptors (Lipinski definition) is 3. The largest absolute Gasteiger partial charge is 0.308 e. The van der Waals surface area contributed by atoms with Gasteiger partial charge in [0, 0.05) is 25.7 Å². The fourth-order valence-corrected chi connectivity index (χ4v) is 1.91. The van der Waals surface area contributed by atoms with Gasteiger partial charge in [0.15, 0.2) is 0 Å². The molecule has 0 spiro atoms. The third kappa shape index (κ3) is 3.94. The fraction of sp³-hybridized carbons (Fsp3) is 0.750. The van der Waals surface area contributed by atoms with E-state index in [2.05, 4.69) is 54.0 Å². The molecule has 0 bridgehead atoms. The van der Waals surface area contributed by atoms with Crippen LogP contribution in [-0.4, -0.2) is 41.4 Å². The highest BCUT2D eigenvalue weighted by atomic mass is 15.3. The summed E-state index contributed by atoms with van der Waals surface area (Å²) in [5, 5.41) is 7.95. The minimum absolute atomic E-state index is 0.496. The van der Waals surface area contributed by atoms with Crippen LogP contribution in [0.2, 0.25) is 0 Å². The highest BCUT2D eigenvalue weighted by Crippen LogP contribution is 2.03. The lowest BCUT2D eigenvalue weighted by Crippen LogP contribution is -2.35. The van der Waals surface area contributed by atoms with E-state index < -0.39 is 0 Å². The molecule has 0 aliphatic heterocycles. The Morgan fingerprint density at radius 1 is 1.50 bits per heavy atom. The average molecular weight is 224 g/mol. The van der Waals surface area contributed by atoms with Crippen molar-refractivity contribution >= 4 is 0 Å².